The fraction of sp³-hybridized carbons (Fsp3) is 0.892. The summed E-state index contributed by atoms with van der Waals surface area (Å²) < 4.78 is 51.9. The molecule has 5 aliphatic heterocycles. The normalized spacial score (nSPS) is 54.3. The second-order valence-corrected chi connectivity index (χ2v) is 30.0. The monoisotopic (exact) mass is 1260 g/mol. The van der Waals surface area contributed by atoms with Crippen LogP contribution in [0.15, 0.2) is 23.3 Å². The van der Waals surface area contributed by atoms with Crippen molar-refractivity contribution in [3.8, 4) is 0 Å². The van der Waals surface area contributed by atoms with Gasteiger partial charge in [0, 0.05) is 55.3 Å². The predicted molar refractivity (Wildman–Crippen MR) is 307 cm³/mol. The zero-order valence-corrected chi connectivity index (χ0v) is 51.9. The van der Waals surface area contributed by atoms with Gasteiger partial charge in [-0.2, -0.15) is 0 Å². The van der Waals surface area contributed by atoms with Gasteiger partial charge in [0.15, 0.2) is 18.9 Å². The van der Waals surface area contributed by atoms with Gasteiger partial charge in [-0.15, -0.1) is 0 Å². The molecule has 13 aliphatic rings. The standard InChI is InChI=1S/C42H64O19.C23H34O5/c1-19-36(61-38-35(51)33(49)31(47)27(60-38)17-56-37-34(50)32(48)30(46)26(15-43)59-37)25(54-3)13-29(57-19)58-21-4-9-40(18-44)23-5-8-39(2)22(20-12-28(45)55-16-20)7-11-42(39,53)24(23)6-10-41(40,52)14-21;1-21-7-5-15(24)10-14(21)3-4-17-16(21)6-8-22(2)20(13-9-19(26)28-12-13)18(25)11-23(17,22)27/h12,18-19,21-27,29-38,43,46-53H,4-11,13-17H2,1-3H3;9,14-18,20,24-25,27H,3-8,10-12H2,1-2H3/t19-,21+,22-,23?,24?,25-,26+,27+,29-,30+,31+,32+,33+,34+,35+,36-,37+,38-,39-,40+,41-,42-;14-,15+,16?,17?,18+,20+,21+,22-,23+/m11/s1. The fourth-order valence-electron chi connectivity index (χ4n) is 21.3. The van der Waals surface area contributed by atoms with Gasteiger partial charge < -0.3 is 109 Å². The average molecular weight is 1260 g/mol. The number of aliphatic hydroxyl groups is 12. The Morgan fingerprint density at radius 3 is 1.93 bits per heavy atom. The van der Waals surface area contributed by atoms with Crippen molar-refractivity contribution in [1.82, 2.24) is 0 Å². The van der Waals surface area contributed by atoms with Gasteiger partial charge >= 0.3 is 11.9 Å². The Morgan fingerprint density at radius 2 is 1.26 bits per heavy atom. The molecule has 0 aromatic carbocycles. The van der Waals surface area contributed by atoms with Crippen LogP contribution in [0, 0.1) is 63.1 Å². The summed E-state index contributed by atoms with van der Waals surface area (Å²) in [4.78, 5) is 36.9. The second kappa shape index (κ2) is 24.5. The van der Waals surface area contributed by atoms with Crippen LogP contribution in [0.4, 0.5) is 0 Å². The lowest BCUT2D eigenvalue weighted by atomic mass is 9.41. The Labute approximate surface area is 519 Å². The van der Waals surface area contributed by atoms with Crippen molar-refractivity contribution in [2.45, 2.75) is 264 Å². The lowest BCUT2D eigenvalue weighted by Crippen LogP contribution is -2.69. The van der Waals surface area contributed by atoms with Crippen LogP contribution in [0.3, 0.4) is 0 Å². The molecular formula is C65H98O24. The number of cyclic esters (lactones) is 2. The van der Waals surface area contributed by atoms with Gasteiger partial charge in [-0.25, -0.2) is 9.59 Å². The summed E-state index contributed by atoms with van der Waals surface area (Å²) in [5, 5.41) is 131. The van der Waals surface area contributed by atoms with Crippen LogP contribution in [0.5, 0.6) is 0 Å². The average Bonchev–Trinajstić information content (AvgIpc) is 1.66. The molecule has 12 N–H and O–H groups in total. The first kappa shape index (κ1) is 66.4. The van der Waals surface area contributed by atoms with Gasteiger partial charge in [0.05, 0.1) is 66.0 Å². The van der Waals surface area contributed by atoms with Crippen molar-refractivity contribution in [3.05, 3.63) is 23.3 Å². The largest absolute Gasteiger partial charge is 0.458 e. The Bertz CT molecular complexity index is 2680. The molecular weight excluding hydrogens is 1160 g/mol. The number of hydrogen-bond acceptors (Lipinski definition) is 24. The quantitative estimate of drug-likeness (QED) is 0.0725. The number of hydrogen-bond donors (Lipinski definition) is 12. The number of rotatable bonds is 12. The second-order valence-electron chi connectivity index (χ2n) is 30.0. The van der Waals surface area contributed by atoms with Gasteiger partial charge in [0.2, 0.25) is 0 Å². The third-order valence-corrected chi connectivity index (χ3v) is 26.2. The van der Waals surface area contributed by atoms with E-state index in [1.165, 1.54) is 13.2 Å². The first-order valence-electron chi connectivity index (χ1n) is 33.0. The molecule has 13 rings (SSSR count). The molecule has 11 fully saturated rings. The highest BCUT2D eigenvalue weighted by Gasteiger charge is 2.73. The van der Waals surface area contributed by atoms with Gasteiger partial charge in [0.1, 0.15) is 74.4 Å². The first-order valence-corrected chi connectivity index (χ1v) is 33.0. The van der Waals surface area contributed by atoms with E-state index < -0.39 is 144 Å². The fourth-order valence-corrected chi connectivity index (χ4v) is 21.3. The molecule has 89 heavy (non-hydrogen) atoms. The summed E-state index contributed by atoms with van der Waals surface area (Å²) in [6.07, 6.45) is -4.28. The summed E-state index contributed by atoms with van der Waals surface area (Å²) in [6.45, 7) is 7.63. The van der Waals surface area contributed by atoms with Crippen LogP contribution >= 0.6 is 0 Å². The van der Waals surface area contributed by atoms with E-state index in [4.69, 9.17) is 42.6 Å². The maximum absolute atomic E-state index is 13.3. The number of fused-ring (bicyclic) bond motifs is 10. The molecule has 0 radical (unpaired) electrons. The molecule has 8 aliphatic carbocycles. The van der Waals surface area contributed by atoms with Crippen molar-refractivity contribution in [3.63, 3.8) is 0 Å². The summed E-state index contributed by atoms with van der Waals surface area (Å²) in [5.41, 5.74) is -3.36. The van der Waals surface area contributed by atoms with Gasteiger partial charge in [-0.3, -0.25) is 0 Å². The third kappa shape index (κ3) is 10.7. The van der Waals surface area contributed by atoms with Crippen LogP contribution in [0.2, 0.25) is 0 Å². The maximum atomic E-state index is 13.3. The summed E-state index contributed by atoms with van der Waals surface area (Å²) >= 11 is 0. The third-order valence-electron chi connectivity index (χ3n) is 26.2. The van der Waals surface area contributed by atoms with Crippen LogP contribution in [0.1, 0.15) is 143 Å². The number of carbonyl (C=O) groups is 3. The molecule has 3 saturated heterocycles. The minimum absolute atomic E-state index is 0.00485. The molecule has 24 heteroatoms. The summed E-state index contributed by atoms with van der Waals surface area (Å²) in [6, 6.07) is 0. The predicted octanol–water partition coefficient (Wildman–Crippen LogP) is 0.657. The van der Waals surface area contributed by atoms with Crippen molar-refractivity contribution < 1.29 is 118 Å². The zero-order chi connectivity index (χ0) is 63.7. The summed E-state index contributed by atoms with van der Waals surface area (Å²) in [7, 11) is 1.47. The topological polar surface area (TPSA) is 377 Å². The Hall–Kier alpha value is -2.67. The Balaban J connectivity index is 0.000000227. The van der Waals surface area contributed by atoms with E-state index in [1.807, 2.05) is 0 Å². The van der Waals surface area contributed by atoms with Gasteiger partial charge in [0.25, 0.3) is 0 Å². The first-order chi connectivity index (χ1) is 42.1. The van der Waals surface area contributed by atoms with E-state index in [-0.39, 0.29) is 79.1 Å². The van der Waals surface area contributed by atoms with E-state index in [9.17, 15) is 75.7 Å². The van der Waals surface area contributed by atoms with E-state index in [0.29, 0.717) is 63.2 Å². The van der Waals surface area contributed by atoms with Crippen molar-refractivity contribution >= 4 is 18.2 Å². The van der Waals surface area contributed by atoms with Crippen LogP contribution in [-0.4, -0.2) is 234 Å². The molecule has 0 aromatic heterocycles. The van der Waals surface area contributed by atoms with Crippen LogP contribution in [-0.2, 0) is 57.0 Å². The highest BCUT2D eigenvalue weighted by Crippen LogP contribution is 2.72. The lowest BCUT2D eigenvalue weighted by molar-refractivity contribution is -0.355. The number of ether oxygens (including phenoxy) is 9. The van der Waals surface area contributed by atoms with E-state index in [2.05, 4.69) is 20.8 Å². The maximum Gasteiger partial charge on any atom is 0.331 e. The highest BCUT2D eigenvalue weighted by molar-refractivity contribution is 5.86. The number of aliphatic hydroxyl groups excluding tert-OH is 9. The smallest absolute Gasteiger partial charge is 0.331 e. The molecule has 0 aromatic rings. The number of methoxy groups -OCH3 is 1. The molecule has 0 amide bonds. The van der Waals surface area contributed by atoms with E-state index in [0.717, 1.165) is 68.8 Å². The molecule has 502 valence electrons. The molecule has 5 heterocycles. The van der Waals surface area contributed by atoms with Crippen molar-refractivity contribution in [1.29, 1.82) is 0 Å². The van der Waals surface area contributed by atoms with Crippen molar-refractivity contribution in [2.75, 3.05) is 33.5 Å². The molecule has 8 saturated carbocycles. The summed E-state index contributed by atoms with van der Waals surface area (Å²) in [5.74, 6) is -0.139. The van der Waals surface area contributed by atoms with Crippen LogP contribution in [0.25, 0.3) is 0 Å². The Morgan fingerprint density at radius 1 is 0.618 bits per heavy atom. The van der Waals surface area contributed by atoms with Gasteiger partial charge in [-0.1, -0.05) is 20.8 Å². The lowest BCUT2D eigenvalue weighted by Gasteiger charge is -2.65. The zero-order valence-electron chi connectivity index (χ0n) is 51.9. The highest BCUT2D eigenvalue weighted by atomic mass is 16.8. The van der Waals surface area contributed by atoms with E-state index in [1.54, 1.807) is 13.0 Å². The number of aldehydes is 1. The molecule has 0 bridgehead atoms. The Kier molecular flexibility index (Phi) is 18.3. The van der Waals surface area contributed by atoms with Crippen LogP contribution < -0.4 is 0 Å². The number of carbonyl (C=O) groups excluding carboxylic acids is 3. The number of esters is 2. The minimum Gasteiger partial charge on any atom is -0.458 e. The van der Waals surface area contributed by atoms with Crippen molar-refractivity contribution in [2.24, 2.45) is 63.1 Å². The molecule has 31 atom stereocenters. The molecule has 4 unspecified atom stereocenters. The SMILES string of the molecule is CO[C@@H]1C[C@@H](O[C@H]2CC[C@]3(C=O)C4CC[C@]5(C)[C@@H](C6=CC(=O)OC6)CC[C@@]5(O)C4CC[C@@]3(O)C2)O[C@H](C)[C@H]1O[C@H]1O[C@@H](CO[C@H]2O[C@@H](CO)[C@H](O)[C@H](O)[C@@H]2O)[C@H](O)[C@H](O)[C@@H]1O.C[C@]12CC[C@H](O)C[C@H]1CCC1C2CC[C@]2(C)[C@@H](C3=CC(=O)OC3)[C@@H](O)C[C@]12O. The molecule has 0 spiro atoms. The molecule has 24 nitrogen and oxygen atoms in total. The van der Waals surface area contributed by atoms with E-state index >= 15 is 0 Å². The van der Waals surface area contributed by atoms with Gasteiger partial charge in [-0.05, 0) is 155 Å². The minimum atomic E-state index is -1.75.